The summed E-state index contributed by atoms with van der Waals surface area (Å²) in [6.07, 6.45) is 2.78. The predicted octanol–water partition coefficient (Wildman–Crippen LogP) is 2.65. The average Bonchev–Trinajstić information content (AvgIpc) is 3.01. The maximum Gasteiger partial charge on any atom is 0.0733 e. The van der Waals surface area contributed by atoms with Gasteiger partial charge in [0.25, 0.3) is 0 Å². The third-order valence-electron chi connectivity index (χ3n) is 2.60. The Balaban J connectivity index is 1.97. The molecule has 0 radical (unpaired) electrons. The van der Waals surface area contributed by atoms with Crippen LogP contribution in [0.1, 0.15) is 18.4 Å². The molecular weight excluding hydrogens is 174 g/mol. The number of nitrogens with one attached hydrogen (secondary N) is 1. The molecule has 1 aromatic carbocycles. The number of benzene rings is 1. The van der Waals surface area contributed by atoms with Crippen LogP contribution in [0.3, 0.4) is 0 Å². The van der Waals surface area contributed by atoms with Crippen LogP contribution < -0.4 is 5.32 Å². The molecule has 1 N–H and O–H groups in total. The molecule has 0 aromatic heterocycles. The van der Waals surface area contributed by atoms with Crippen molar-refractivity contribution in [3.63, 3.8) is 0 Å². The molecule has 76 valence electrons. The summed E-state index contributed by atoms with van der Waals surface area (Å²) in [7, 11) is 1.73. The highest BCUT2D eigenvalue weighted by molar-refractivity contribution is 5.50. The van der Waals surface area contributed by atoms with E-state index in [2.05, 4.69) is 29.6 Å². The van der Waals surface area contributed by atoms with Crippen LogP contribution in [-0.4, -0.2) is 13.7 Å². The number of hydrogen-bond acceptors (Lipinski definition) is 2. The lowest BCUT2D eigenvalue weighted by molar-refractivity contribution is 0.185. The van der Waals surface area contributed by atoms with Crippen LogP contribution in [-0.2, 0) is 11.3 Å². The normalized spacial score (nSPS) is 15.5. The van der Waals surface area contributed by atoms with E-state index in [0.29, 0.717) is 6.61 Å². The van der Waals surface area contributed by atoms with E-state index in [0.717, 1.165) is 12.5 Å². The molecule has 0 bridgehead atoms. The molecule has 0 saturated heterocycles. The van der Waals surface area contributed by atoms with Gasteiger partial charge < -0.3 is 10.1 Å². The van der Waals surface area contributed by atoms with Gasteiger partial charge in [-0.15, -0.1) is 0 Å². The van der Waals surface area contributed by atoms with Crippen LogP contribution in [0.2, 0.25) is 0 Å². The van der Waals surface area contributed by atoms with E-state index < -0.39 is 0 Å². The molecule has 1 aliphatic rings. The zero-order chi connectivity index (χ0) is 9.80. The fraction of sp³-hybridized carbons (Fsp3) is 0.500. The number of para-hydroxylation sites is 1. The minimum atomic E-state index is 0.688. The summed E-state index contributed by atoms with van der Waals surface area (Å²) in [5, 5.41) is 3.48. The Labute approximate surface area is 85.3 Å². The van der Waals surface area contributed by atoms with E-state index in [-0.39, 0.29) is 0 Å². The van der Waals surface area contributed by atoms with E-state index in [1.807, 2.05) is 0 Å². The molecule has 1 saturated carbocycles. The van der Waals surface area contributed by atoms with Crippen molar-refractivity contribution in [1.29, 1.82) is 0 Å². The monoisotopic (exact) mass is 191 g/mol. The topological polar surface area (TPSA) is 21.3 Å². The largest absolute Gasteiger partial charge is 0.384 e. The minimum absolute atomic E-state index is 0.688. The number of ether oxygens (including phenoxy) is 1. The SMILES string of the molecule is COCc1ccccc1NCC1CC1. The van der Waals surface area contributed by atoms with Gasteiger partial charge in [0.05, 0.1) is 6.61 Å². The van der Waals surface area contributed by atoms with Gasteiger partial charge in [0.2, 0.25) is 0 Å². The first kappa shape index (κ1) is 9.53. The zero-order valence-electron chi connectivity index (χ0n) is 8.62. The lowest BCUT2D eigenvalue weighted by Crippen LogP contribution is -2.05. The molecule has 1 aliphatic carbocycles. The molecule has 0 heterocycles. The van der Waals surface area contributed by atoms with Crippen molar-refractivity contribution in [3.8, 4) is 0 Å². The third kappa shape index (κ3) is 2.48. The Morgan fingerprint density at radius 2 is 2.14 bits per heavy atom. The van der Waals surface area contributed by atoms with Crippen molar-refractivity contribution in [2.24, 2.45) is 5.92 Å². The minimum Gasteiger partial charge on any atom is -0.384 e. The van der Waals surface area contributed by atoms with Gasteiger partial charge in [-0.1, -0.05) is 18.2 Å². The van der Waals surface area contributed by atoms with Crippen molar-refractivity contribution >= 4 is 5.69 Å². The highest BCUT2D eigenvalue weighted by Gasteiger charge is 2.20. The summed E-state index contributed by atoms with van der Waals surface area (Å²) in [4.78, 5) is 0. The Hall–Kier alpha value is -1.02. The van der Waals surface area contributed by atoms with Gasteiger partial charge in [-0.2, -0.15) is 0 Å². The van der Waals surface area contributed by atoms with Crippen LogP contribution in [0, 0.1) is 5.92 Å². The molecule has 0 unspecified atom stereocenters. The summed E-state index contributed by atoms with van der Waals surface area (Å²) >= 11 is 0. The molecule has 1 fully saturated rings. The fourth-order valence-electron chi connectivity index (χ4n) is 1.55. The second-order valence-electron chi connectivity index (χ2n) is 3.91. The Morgan fingerprint density at radius 1 is 1.36 bits per heavy atom. The first-order valence-electron chi connectivity index (χ1n) is 5.21. The fourth-order valence-corrected chi connectivity index (χ4v) is 1.55. The van der Waals surface area contributed by atoms with Crippen molar-refractivity contribution in [2.75, 3.05) is 19.0 Å². The average molecular weight is 191 g/mol. The van der Waals surface area contributed by atoms with Crippen LogP contribution >= 0.6 is 0 Å². The van der Waals surface area contributed by atoms with Crippen LogP contribution in [0.4, 0.5) is 5.69 Å². The molecule has 0 atom stereocenters. The lowest BCUT2D eigenvalue weighted by atomic mass is 10.2. The number of hydrogen-bond donors (Lipinski definition) is 1. The summed E-state index contributed by atoms with van der Waals surface area (Å²) in [5.41, 5.74) is 2.47. The predicted molar refractivity (Wildman–Crippen MR) is 58.4 cm³/mol. The van der Waals surface area contributed by atoms with Crippen molar-refractivity contribution in [3.05, 3.63) is 29.8 Å². The molecule has 0 aliphatic heterocycles. The van der Waals surface area contributed by atoms with Crippen molar-refractivity contribution < 1.29 is 4.74 Å². The molecule has 2 heteroatoms. The van der Waals surface area contributed by atoms with Gasteiger partial charge in [-0.25, -0.2) is 0 Å². The van der Waals surface area contributed by atoms with E-state index in [1.54, 1.807) is 7.11 Å². The molecule has 2 rings (SSSR count). The Kier molecular flexibility index (Phi) is 3.04. The van der Waals surface area contributed by atoms with Gasteiger partial charge in [0, 0.05) is 24.9 Å². The standard InChI is InChI=1S/C12H17NO/c1-14-9-11-4-2-3-5-12(11)13-8-10-6-7-10/h2-5,10,13H,6-9H2,1H3. The number of methoxy groups -OCH3 is 1. The molecule has 14 heavy (non-hydrogen) atoms. The molecule has 1 aromatic rings. The quantitative estimate of drug-likeness (QED) is 0.772. The molecular formula is C12H17NO. The van der Waals surface area contributed by atoms with Crippen LogP contribution in [0.25, 0.3) is 0 Å². The summed E-state index contributed by atoms with van der Waals surface area (Å²) < 4.78 is 5.15. The first-order chi connectivity index (χ1) is 6.90. The molecule has 0 amide bonds. The van der Waals surface area contributed by atoms with Crippen molar-refractivity contribution in [2.45, 2.75) is 19.4 Å². The summed E-state index contributed by atoms with van der Waals surface area (Å²) in [6.45, 7) is 1.80. The molecule has 2 nitrogen and oxygen atoms in total. The molecule has 0 spiro atoms. The van der Waals surface area contributed by atoms with Gasteiger partial charge in [0.1, 0.15) is 0 Å². The van der Waals surface area contributed by atoms with E-state index >= 15 is 0 Å². The van der Waals surface area contributed by atoms with Gasteiger partial charge in [-0.05, 0) is 24.8 Å². The van der Waals surface area contributed by atoms with E-state index in [4.69, 9.17) is 4.74 Å². The van der Waals surface area contributed by atoms with Gasteiger partial charge >= 0.3 is 0 Å². The number of anilines is 1. The summed E-state index contributed by atoms with van der Waals surface area (Å²) in [5.74, 6) is 0.908. The van der Waals surface area contributed by atoms with Gasteiger partial charge in [0.15, 0.2) is 0 Å². The van der Waals surface area contributed by atoms with Crippen molar-refractivity contribution in [1.82, 2.24) is 0 Å². The number of rotatable bonds is 5. The summed E-state index contributed by atoms with van der Waals surface area (Å²) in [6, 6.07) is 8.35. The highest BCUT2D eigenvalue weighted by atomic mass is 16.5. The maximum absolute atomic E-state index is 5.15. The zero-order valence-corrected chi connectivity index (χ0v) is 8.62. The maximum atomic E-state index is 5.15. The van der Waals surface area contributed by atoms with E-state index in [1.165, 1.54) is 24.1 Å². The smallest absolute Gasteiger partial charge is 0.0733 e. The Bertz CT molecular complexity index is 294. The second-order valence-corrected chi connectivity index (χ2v) is 3.91. The Morgan fingerprint density at radius 3 is 2.86 bits per heavy atom. The van der Waals surface area contributed by atoms with E-state index in [9.17, 15) is 0 Å². The van der Waals surface area contributed by atoms with Gasteiger partial charge in [-0.3, -0.25) is 0 Å². The van der Waals surface area contributed by atoms with Crippen LogP contribution in [0.5, 0.6) is 0 Å². The highest BCUT2D eigenvalue weighted by Crippen LogP contribution is 2.29. The lowest BCUT2D eigenvalue weighted by Gasteiger charge is -2.10. The van der Waals surface area contributed by atoms with Crippen LogP contribution in [0.15, 0.2) is 24.3 Å². The third-order valence-corrected chi connectivity index (χ3v) is 2.60. The second kappa shape index (κ2) is 4.47. The first-order valence-corrected chi connectivity index (χ1v) is 5.21.